The molecule has 0 aliphatic rings. The minimum Gasteiger partial charge on any atom is -0.376 e. The lowest BCUT2D eigenvalue weighted by molar-refractivity contribution is -0.00630. The summed E-state index contributed by atoms with van der Waals surface area (Å²) in [5, 5.41) is 3.30. The summed E-state index contributed by atoms with van der Waals surface area (Å²) in [5.41, 5.74) is 0.638. The molecule has 0 saturated carbocycles. The smallest absolute Gasteiger partial charge is 0.126 e. The van der Waals surface area contributed by atoms with Crippen LogP contribution in [0.3, 0.4) is 0 Å². The second-order valence-electron chi connectivity index (χ2n) is 5.78. The SMILES string of the molecule is CCNCC(CCOC(C)(C)C)c1ccccc1F. The van der Waals surface area contributed by atoms with Crippen molar-refractivity contribution in [1.29, 1.82) is 0 Å². The van der Waals surface area contributed by atoms with Crippen LogP contribution < -0.4 is 5.32 Å². The van der Waals surface area contributed by atoms with E-state index in [1.807, 2.05) is 32.9 Å². The molecule has 0 fully saturated rings. The van der Waals surface area contributed by atoms with Crippen molar-refractivity contribution in [3.8, 4) is 0 Å². The molecule has 0 aliphatic carbocycles. The van der Waals surface area contributed by atoms with Gasteiger partial charge in [-0.15, -0.1) is 0 Å². The van der Waals surface area contributed by atoms with Crippen molar-refractivity contribution in [1.82, 2.24) is 5.32 Å². The molecule has 0 spiro atoms. The number of likely N-dealkylation sites (N-methyl/N-ethyl adjacent to an activating group) is 1. The number of nitrogens with one attached hydrogen (secondary N) is 1. The van der Waals surface area contributed by atoms with Crippen LogP contribution in [-0.2, 0) is 4.74 Å². The lowest BCUT2D eigenvalue weighted by Crippen LogP contribution is -2.25. The third-order valence-electron chi connectivity index (χ3n) is 2.99. The molecule has 1 aromatic carbocycles. The van der Waals surface area contributed by atoms with Gasteiger partial charge in [-0.25, -0.2) is 4.39 Å². The predicted molar refractivity (Wildman–Crippen MR) is 78.0 cm³/mol. The molecule has 1 atom stereocenters. The standard InChI is InChI=1S/C16H26FNO/c1-5-18-12-13(10-11-19-16(2,3)4)14-8-6-7-9-15(14)17/h6-9,13,18H,5,10-12H2,1-4H3. The van der Waals surface area contributed by atoms with Crippen molar-refractivity contribution in [2.75, 3.05) is 19.7 Å². The lowest BCUT2D eigenvalue weighted by Gasteiger charge is -2.23. The summed E-state index contributed by atoms with van der Waals surface area (Å²) >= 11 is 0. The first-order valence-electron chi connectivity index (χ1n) is 7.03. The molecule has 0 saturated heterocycles. The van der Waals surface area contributed by atoms with Crippen molar-refractivity contribution in [2.24, 2.45) is 0 Å². The molecular formula is C16H26FNO. The van der Waals surface area contributed by atoms with Crippen molar-refractivity contribution in [3.63, 3.8) is 0 Å². The zero-order valence-electron chi connectivity index (χ0n) is 12.5. The van der Waals surface area contributed by atoms with Crippen molar-refractivity contribution in [3.05, 3.63) is 35.6 Å². The predicted octanol–water partition coefficient (Wildman–Crippen LogP) is 3.72. The van der Waals surface area contributed by atoms with Crippen LogP contribution in [0.5, 0.6) is 0 Å². The highest BCUT2D eigenvalue weighted by Gasteiger charge is 2.17. The maximum Gasteiger partial charge on any atom is 0.126 e. The van der Waals surface area contributed by atoms with Gasteiger partial charge in [0.2, 0.25) is 0 Å². The molecule has 1 rings (SSSR count). The van der Waals surface area contributed by atoms with Gasteiger partial charge in [-0.2, -0.15) is 0 Å². The number of halogens is 1. The fourth-order valence-corrected chi connectivity index (χ4v) is 2.00. The van der Waals surface area contributed by atoms with E-state index in [9.17, 15) is 4.39 Å². The zero-order valence-corrected chi connectivity index (χ0v) is 12.5. The minimum absolute atomic E-state index is 0.124. The van der Waals surface area contributed by atoms with E-state index in [1.54, 1.807) is 6.07 Å². The Kier molecular flexibility index (Phi) is 6.46. The number of rotatable bonds is 7. The molecule has 19 heavy (non-hydrogen) atoms. The molecule has 2 nitrogen and oxygen atoms in total. The van der Waals surface area contributed by atoms with Crippen LogP contribution in [-0.4, -0.2) is 25.3 Å². The molecule has 1 N–H and O–H groups in total. The maximum absolute atomic E-state index is 13.9. The molecule has 3 heteroatoms. The molecule has 108 valence electrons. The molecule has 0 bridgehead atoms. The highest BCUT2D eigenvalue weighted by Crippen LogP contribution is 2.23. The molecule has 0 aliphatic heterocycles. The second-order valence-corrected chi connectivity index (χ2v) is 5.78. The first kappa shape index (κ1) is 16.1. The van der Waals surface area contributed by atoms with Crippen molar-refractivity contribution < 1.29 is 9.13 Å². The Morgan fingerprint density at radius 1 is 1.26 bits per heavy atom. The number of hydrogen-bond acceptors (Lipinski definition) is 2. The Labute approximate surface area is 116 Å². The van der Waals surface area contributed by atoms with Gasteiger partial charge in [0, 0.05) is 19.1 Å². The second kappa shape index (κ2) is 7.61. The average molecular weight is 267 g/mol. The number of ether oxygens (including phenoxy) is 1. The van der Waals surface area contributed by atoms with E-state index < -0.39 is 0 Å². The summed E-state index contributed by atoms with van der Waals surface area (Å²) < 4.78 is 19.6. The molecular weight excluding hydrogens is 241 g/mol. The van der Waals surface area contributed by atoms with Crippen molar-refractivity contribution >= 4 is 0 Å². The van der Waals surface area contributed by atoms with Crippen LogP contribution in [0.25, 0.3) is 0 Å². The summed E-state index contributed by atoms with van der Waals surface area (Å²) in [4.78, 5) is 0. The molecule has 0 heterocycles. The fraction of sp³-hybridized carbons (Fsp3) is 0.625. The molecule has 0 radical (unpaired) electrons. The molecule has 1 aromatic rings. The van der Waals surface area contributed by atoms with Gasteiger partial charge in [0.1, 0.15) is 5.82 Å². The minimum atomic E-state index is -0.141. The van der Waals surface area contributed by atoms with Crippen LogP contribution in [0, 0.1) is 5.82 Å². The molecule has 1 unspecified atom stereocenters. The van der Waals surface area contributed by atoms with Gasteiger partial charge < -0.3 is 10.1 Å². The Balaban J connectivity index is 2.64. The summed E-state index contributed by atoms with van der Waals surface area (Å²) in [6.45, 7) is 10.5. The van der Waals surface area contributed by atoms with Gasteiger partial charge in [-0.05, 0) is 45.4 Å². The van der Waals surface area contributed by atoms with Crippen LogP contribution in [0.4, 0.5) is 4.39 Å². The maximum atomic E-state index is 13.9. The largest absolute Gasteiger partial charge is 0.376 e. The van der Waals surface area contributed by atoms with E-state index in [1.165, 1.54) is 6.07 Å². The number of benzene rings is 1. The fourth-order valence-electron chi connectivity index (χ4n) is 2.00. The van der Waals surface area contributed by atoms with E-state index >= 15 is 0 Å². The summed E-state index contributed by atoms with van der Waals surface area (Å²) in [5.74, 6) is 0.0321. The monoisotopic (exact) mass is 267 g/mol. The van der Waals surface area contributed by atoms with E-state index in [-0.39, 0.29) is 17.3 Å². The van der Waals surface area contributed by atoms with Gasteiger partial charge >= 0.3 is 0 Å². The lowest BCUT2D eigenvalue weighted by atomic mass is 9.95. The van der Waals surface area contributed by atoms with E-state index in [4.69, 9.17) is 4.74 Å². The zero-order chi connectivity index (χ0) is 14.3. The third kappa shape index (κ3) is 6.17. The Bertz CT molecular complexity index is 373. The molecule has 0 amide bonds. The Morgan fingerprint density at radius 3 is 2.53 bits per heavy atom. The summed E-state index contributed by atoms with van der Waals surface area (Å²) in [6.07, 6.45) is 0.825. The van der Waals surface area contributed by atoms with Crippen LogP contribution in [0.1, 0.15) is 45.6 Å². The van der Waals surface area contributed by atoms with E-state index in [0.717, 1.165) is 25.1 Å². The van der Waals surface area contributed by atoms with Crippen molar-refractivity contribution in [2.45, 2.75) is 45.6 Å². The average Bonchev–Trinajstić information content (AvgIpc) is 2.33. The van der Waals surface area contributed by atoms with Gasteiger partial charge in [-0.3, -0.25) is 0 Å². The van der Waals surface area contributed by atoms with Gasteiger partial charge in [-0.1, -0.05) is 25.1 Å². The Morgan fingerprint density at radius 2 is 1.95 bits per heavy atom. The Hall–Kier alpha value is -0.930. The molecule has 0 aromatic heterocycles. The van der Waals surface area contributed by atoms with Crippen LogP contribution >= 0.6 is 0 Å². The summed E-state index contributed by atoms with van der Waals surface area (Å²) in [7, 11) is 0. The van der Waals surface area contributed by atoms with Gasteiger partial charge in [0.15, 0.2) is 0 Å². The normalized spacial score (nSPS) is 13.5. The number of hydrogen-bond donors (Lipinski definition) is 1. The third-order valence-corrected chi connectivity index (χ3v) is 2.99. The topological polar surface area (TPSA) is 21.3 Å². The highest BCUT2D eigenvalue weighted by molar-refractivity contribution is 5.22. The van der Waals surface area contributed by atoms with E-state index in [0.29, 0.717) is 6.61 Å². The quantitative estimate of drug-likeness (QED) is 0.813. The first-order chi connectivity index (χ1) is 8.94. The first-order valence-corrected chi connectivity index (χ1v) is 7.03. The van der Waals surface area contributed by atoms with Crippen LogP contribution in [0.15, 0.2) is 24.3 Å². The van der Waals surface area contributed by atoms with E-state index in [2.05, 4.69) is 12.2 Å². The summed E-state index contributed by atoms with van der Waals surface area (Å²) in [6, 6.07) is 7.02. The van der Waals surface area contributed by atoms with Crippen LogP contribution in [0.2, 0.25) is 0 Å². The van der Waals surface area contributed by atoms with Gasteiger partial charge in [0.25, 0.3) is 0 Å². The highest BCUT2D eigenvalue weighted by atomic mass is 19.1. The van der Waals surface area contributed by atoms with Gasteiger partial charge in [0.05, 0.1) is 5.60 Å².